The lowest BCUT2D eigenvalue weighted by atomic mass is 9.72. The molecule has 1 fully saturated rings. The Hall–Kier alpha value is -3.55. The number of rotatable bonds is 5. The summed E-state index contributed by atoms with van der Waals surface area (Å²) >= 11 is 0. The third kappa shape index (κ3) is 6.27. The predicted molar refractivity (Wildman–Crippen MR) is 126 cm³/mol. The number of halogens is 1. The van der Waals surface area contributed by atoms with Crippen LogP contribution in [0.15, 0.2) is 84.9 Å². The van der Waals surface area contributed by atoms with Crippen LogP contribution in [0.4, 0.5) is 4.39 Å². The summed E-state index contributed by atoms with van der Waals surface area (Å²) in [7, 11) is 0. The van der Waals surface area contributed by atoms with Crippen LogP contribution in [0.25, 0.3) is 0 Å². The molecule has 0 radical (unpaired) electrons. The van der Waals surface area contributed by atoms with Gasteiger partial charge in [-0.15, -0.1) is 0 Å². The molecule has 3 aromatic rings. The lowest BCUT2D eigenvalue weighted by Crippen LogP contribution is -2.44. The Morgan fingerprint density at radius 2 is 1.24 bits per heavy atom. The minimum atomic E-state index is -1.82. The van der Waals surface area contributed by atoms with Gasteiger partial charge in [0, 0.05) is 6.54 Å². The van der Waals surface area contributed by atoms with Gasteiger partial charge in [0.05, 0.1) is 0 Å². The van der Waals surface area contributed by atoms with Crippen LogP contribution in [0.3, 0.4) is 0 Å². The molecule has 178 valence electrons. The van der Waals surface area contributed by atoms with Crippen molar-refractivity contribution < 1.29 is 29.3 Å². The molecule has 0 bridgehead atoms. The molecule has 1 saturated heterocycles. The maximum absolute atomic E-state index is 13.1. The van der Waals surface area contributed by atoms with Crippen LogP contribution in [0, 0.1) is 11.7 Å². The number of hydrogen-bond acceptors (Lipinski definition) is 4. The molecule has 1 heterocycles. The first-order valence-corrected chi connectivity index (χ1v) is 11.1. The number of benzene rings is 3. The van der Waals surface area contributed by atoms with Crippen LogP contribution in [-0.4, -0.2) is 45.2 Å². The minimum Gasteiger partial charge on any atom is -0.473 e. The van der Waals surface area contributed by atoms with Crippen molar-refractivity contribution in [2.24, 2.45) is 5.92 Å². The molecule has 3 aromatic carbocycles. The number of carboxylic acid groups (broad SMARTS) is 2. The van der Waals surface area contributed by atoms with Gasteiger partial charge in [0.25, 0.3) is 0 Å². The molecular weight excluding hydrogens is 437 g/mol. The molecule has 0 aliphatic carbocycles. The van der Waals surface area contributed by atoms with E-state index in [1.54, 1.807) is 0 Å². The topological polar surface area (TPSA) is 98.1 Å². The molecule has 1 aliphatic heterocycles. The number of carbonyl (C=O) groups is 2. The van der Waals surface area contributed by atoms with Gasteiger partial charge < -0.3 is 15.3 Å². The fourth-order valence-electron chi connectivity index (χ4n) is 4.38. The second kappa shape index (κ2) is 11.5. The molecule has 0 aromatic heterocycles. The monoisotopic (exact) mass is 465 g/mol. The quantitative estimate of drug-likeness (QED) is 0.490. The highest BCUT2D eigenvalue weighted by molar-refractivity contribution is 6.27. The number of carboxylic acids is 2. The average Bonchev–Trinajstić information content (AvgIpc) is 2.87. The van der Waals surface area contributed by atoms with Crippen molar-refractivity contribution in [2.45, 2.75) is 25.0 Å². The highest BCUT2D eigenvalue weighted by Gasteiger charge is 2.41. The Kier molecular flexibility index (Phi) is 8.51. The molecule has 0 atom stereocenters. The van der Waals surface area contributed by atoms with Crippen molar-refractivity contribution in [2.75, 3.05) is 13.1 Å². The highest BCUT2D eigenvalue weighted by Crippen LogP contribution is 2.42. The Labute approximate surface area is 197 Å². The van der Waals surface area contributed by atoms with Gasteiger partial charge in [0.1, 0.15) is 11.4 Å². The van der Waals surface area contributed by atoms with E-state index >= 15 is 0 Å². The molecular formula is C27H28FNO5. The second-order valence-electron chi connectivity index (χ2n) is 8.29. The van der Waals surface area contributed by atoms with E-state index in [0.29, 0.717) is 0 Å². The summed E-state index contributed by atoms with van der Waals surface area (Å²) < 4.78 is 13.1. The molecule has 0 spiro atoms. The summed E-state index contributed by atoms with van der Waals surface area (Å²) in [4.78, 5) is 20.6. The molecule has 0 unspecified atom stereocenters. The van der Waals surface area contributed by atoms with Gasteiger partial charge >= 0.3 is 11.9 Å². The number of aliphatic carboxylic acids is 2. The largest absolute Gasteiger partial charge is 0.473 e. The number of likely N-dealkylation sites (tertiary alicyclic amines) is 1. The van der Waals surface area contributed by atoms with Crippen molar-refractivity contribution in [3.63, 3.8) is 0 Å². The summed E-state index contributed by atoms with van der Waals surface area (Å²) in [5.74, 6) is -3.69. The zero-order valence-corrected chi connectivity index (χ0v) is 18.7. The third-order valence-corrected chi connectivity index (χ3v) is 6.11. The zero-order chi connectivity index (χ0) is 24.6. The summed E-state index contributed by atoms with van der Waals surface area (Å²) in [6, 6.07) is 26.8. The number of piperidine rings is 1. The highest BCUT2D eigenvalue weighted by atomic mass is 19.1. The molecule has 1 aliphatic rings. The van der Waals surface area contributed by atoms with Gasteiger partial charge in [-0.25, -0.2) is 14.0 Å². The van der Waals surface area contributed by atoms with Crippen LogP contribution >= 0.6 is 0 Å². The van der Waals surface area contributed by atoms with Gasteiger partial charge in [-0.3, -0.25) is 4.90 Å². The number of nitrogens with zero attached hydrogens (tertiary/aromatic N) is 1. The van der Waals surface area contributed by atoms with Gasteiger partial charge in [0.2, 0.25) is 0 Å². The summed E-state index contributed by atoms with van der Waals surface area (Å²) in [6.45, 7) is 2.66. The Balaban J connectivity index is 0.000000481. The molecule has 34 heavy (non-hydrogen) atoms. The maximum atomic E-state index is 13.1. The number of hydrogen-bond donors (Lipinski definition) is 3. The fraction of sp³-hybridized carbons (Fsp3) is 0.259. The second-order valence-corrected chi connectivity index (χ2v) is 8.29. The first kappa shape index (κ1) is 25.1. The SMILES string of the molecule is O=C(O)C(=O)O.OC(c1ccccc1)(c1ccccc1)C1CCN(Cc2ccc(F)cc2)CC1. The number of aliphatic hydroxyl groups is 1. The molecule has 3 N–H and O–H groups in total. The van der Waals surface area contributed by atoms with Crippen LogP contribution in [0.5, 0.6) is 0 Å². The van der Waals surface area contributed by atoms with E-state index in [9.17, 15) is 9.50 Å². The van der Waals surface area contributed by atoms with Gasteiger partial charge in [-0.2, -0.15) is 0 Å². The standard InChI is InChI=1S/C25H26FNO.C2H2O4/c26-24-13-11-20(12-14-24)19-27-17-15-23(16-18-27)25(28,21-7-3-1-4-8-21)22-9-5-2-6-10-22;3-1(4)2(5)6/h1-14,23,28H,15-19H2;(H,3,4)(H,5,6). The minimum absolute atomic E-state index is 0.154. The first-order valence-electron chi connectivity index (χ1n) is 11.1. The lowest BCUT2D eigenvalue weighted by Gasteiger charge is -2.42. The fourth-order valence-corrected chi connectivity index (χ4v) is 4.38. The Bertz CT molecular complexity index is 1010. The van der Waals surface area contributed by atoms with E-state index < -0.39 is 17.5 Å². The molecule has 4 rings (SSSR count). The molecule has 7 heteroatoms. The normalized spacial score (nSPS) is 14.6. The van der Waals surface area contributed by atoms with Crippen LogP contribution < -0.4 is 0 Å². The molecule has 0 amide bonds. The van der Waals surface area contributed by atoms with Crippen molar-refractivity contribution in [3.05, 3.63) is 107 Å². The maximum Gasteiger partial charge on any atom is 0.414 e. The summed E-state index contributed by atoms with van der Waals surface area (Å²) in [5.41, 5.74) is 2.06. The van der Waals surface area contributed by atoms with E-state index in [0.717, 1.165) is 49.2 Å². The van der Waals surface area contributed by atoms with E-state index in [2.05, 4.69) is 4.90 Å². The lowest BCUT2D eigenvalue weighted by molar-refractivity contribution is -0.159. The smallest absolute Gasteiger partial charge is 0.414 e. The average molecular weight is 466 g/mol. The summed E-state index contributed by atoms with van der Waals surface area (Å²) in [6.07, 6.45) is 1.84. The van der Waals surface area contributed by atoms with Crippen molar-refractivity contribution in [1.29, 1.82) is 0 Å². The molecule has 0 saturated carbocycles. The molecule has 6 nitrogen and oxygen atoms in total. The third-order valence-electron chi connectivity index (χ3n) is 6.11. The zero-order valence-electron chi connectivity index (χ0n) is 18.7. The Morgan fingerprint density at radius 1 is 0.794 bits per heavy atom. The van der Waals surface area contributed by atoms with E-state index in [1.165, 1.54) is 12.1 Å². The predicted octanol–water partition coefficient (Wildman–Crippen LogP) is 4.13. The van der Waals surface area contributed by atoms with Crippen molar-refractivity contribution in [1.82, 2.24) is 4.90 Å². The van der Waals surface area contributed by atoms with Crippen molar-refractivity contribution >= 4 is 11.9 Å². The van der Waals surface area contributed by atoms with E-state index in [-0.39, 0.29) is 11.7 Å². The van der Waals surface area contributed by atoms with Crippen molar-refractivity contribution in [3.8, 4) is 0 Å². The first-order chi connectivity index (χ1) is 16.3. The van der Waals surface area contributed by atoms with Gasteiger partial charge in [-0.1, -0.05) is 72.8 Å². The summed E-state index contributed by atoms with van der Waals surface area (Å²) in [5, 5.41) is 26.7. The van der Waals surface area contributed by atoms with Crippen LogP contribution in [0.1, 0.15) is 29.5 Å². The van der Waals surface area contributed by atoms with E-state index in [1.807, 2.05) is 72.8 Å². The van der Waals surface area contributed by atoms with Crippen LogP contribution in [-0.2, 0) is 21.7 Å². The van der Waals surface area contributed by atoms with Gasteiger partial charge in [0.15, 0.2) is 0 Å². The van der Waals surface area contributed by atoms with Crippen LogP contribution in [0.2, 0.25) is 0 Å². The van der Waals surface area contributed by atoms with E-state index in [4.69, 9.17) is 19.8 Å². The Morgan fingerprint density at radius 3 is 1.65 bits per heavy atom. The van der Waals surface area contributed by atoms with Gasteiger partial charge in [-0.05, 0) is 60.7 Å².